The van der Waals surface area contributed by atoms with Gasteiger partial charge in [0, 0.05) is 0 Å². The van der Waals surface area contributed by atoms with E-state index in [-0.39, 0.29) is 0 Å². The van der Waals surface area contributed by atoms with Gasteiger partial charge >= 0.3 is 0 Å². The number of allylic oxidation sites excluding steroid dienone is 1. The molecule has 0 bridgehead atoms. The van der Waals surface area contributed by atoms with Crippen LogP contribution in [-0.4, -0.2) is 26.5 Å². The Morgan fingerprint density at radius 2 is 1.79 bits per heavy atom. The molecule has 0 spiro atoms. The molecule has 19 heavy (non-hydrogen) atoms. The van der Waals surface area contributed by atoms with Crippen molar-refractivity contribution in [2.24, 2.45) is 5.16 Å². The Balaban J connectivity index is 2.70. The lowest BCUT2D eigenvalue weighted by atomic mass is 10.1. The van der Waals surface area contributed by atoms with Gasteiger partial charge in [-0.15, -0.1) is 0 Å². The van der Waals surface area contributed by atoms with Crippen LogP contribution in [0, 0.1) is 13.8 Å². The third-order valence-electron chi connectivity index (χ3n) is 2.50. The molecule has 0 aliphatic heterocycles. The first-order chi connectivity index (χ1) is 9.19. The maximum Gasteiger partial charge on any atom is 0.127 e. The van der Waals surface area contributed by atoms with Crippen LogP contribution >= 0.6 is 0 Å². The molecule has 1 aromatic rings. The molecule has 4 nitrogen and oxygen atoms in total. The Hall–Kier alpha value is -1.97. The lowest BCUT2D eigenvalue weighted by Gasteiger charge is -2.13. The van der Waals surface area contributed by atoms with Crippen LogP contribution in [0.4, 0.5) is 0 Å². The molecule has 0 fully saturated rings. The zero-order chi connectivity index (χ0) is 14.1. The number of nitrogens with zero attached hydrogens (tertiary/aromatic N) is 1. The van der Waals surface area contributed by atoms with Crippen molar-refractivity contribution in [3.05, 3.63) is 35.4 Å². The van der Waals surface area contributed by atoms with Crippen LogP contribution in [0.2, 0.25) is 0 Å². The van der Waals surface area contributed by atoms with Gasteiger partial charge in [0.1, 0.15) is 31.8 Å². The van der Waals surface area contributed by atoms with E-state index in [2.05, 4.69) is 9.99 Å². The van der Waals surface area contributed by atoms with Crippen molar-refractivity contribution in [3.63, 3.8) is 0 Å². The van der Waals surface area contributed by atoms with Crippen LogP contribution < -0.4 is 9.47 Å². The smallest absolute Gasteiger partial charge is 0.127 e. The number of ether oxygens (including phenoxy) is 2. The second kappa shape index (κ2) is 8.19. The summed E-state index contributed by atoms with van der Waals surface area (Å²) in [6, 6.07) is 3.94. The molecular formula is C15H21NO3. The minimum Gasteiger partial charge on any atom is -0.490 e. The number of aryl methyl sites for hydroxylation is 2. The van der Waals surface area contributed by atoms with E-state index in [1.165, 1.54) is 7.11 Å². The molecule has 0 saturated heterocycles. The van der Waals surface area contributed by atoms with Crippen LogP contribution in [-0.2, 0) is 4.84 Å². The van der Waals surface area contributed by atoms with Crippen LogP contribution in [0.15, 0.2) is 29.4 Å². The normalized spacial score (nSPS) is 11.2. The average Bonchev–Trinajstić information content (AvgIpc) is 2.37. The van der Waals surface area contributed by atoms with Crippen molar-refractivity contribution in [1.82, 2.24) is 0 Å². The number of hydrogen-bond donors (Lipinski definition) is 0. The first kappa shape index (κ1) is 15.1. The van der Waals surface area contributed by atoms with E-state index >= 15 is 0 Å². The zero-order valence-corrected chi connectivity index (χ0v) is 12.0. The molecule has 0 amide bonds. The topological polar surface area (TPSA) is 40.0 Å². The SMILES string of the molecule is C/C=C/COc1cc(C)c(OCC=NOC)c(C)c1. The molecule has 1 aromatic carbocycles. The van der Waals surface area contributed by atoms with Gasteiger partial charge in [0.25, 0.3) is 0 Å². The summed E-state index contributed by atoms with van der Waals surface area (Å²) < 4.78 is 11.3. The number of hydrogen-bond acceptors (Lipinski definition) is 4. The lowest BCUT2D eigenvalue weighted by Crippen LogP contribution is -2.03. The number of oxime groups is 1. The Bertz CT molecular complexity index is 430. The van der Waals surface area contributed by atoms with Crippen molar-refractivity contribution in [2.75, 3.05) is 20.3 Å². The van der Waals surface area contributed by atoms with Crippen molar-refractivity contribution < 1.29 is 14.3 Å². The van der Waals surface area contributed by atoms with E-state index in [1.54, 1.807) is 6.21 Å². The first-order valence-electron chi connectivity index (χ1n) is 6.22. The van der Waals surface area contributed by atoms with Crippen molar-refractivity contribution in [3.8, 4) is 11.5 Å². The monoisotopic (exact) mass is 263 g/mol. The Morgan fingerprint density at radius 1 is 1.11 bits per heavy atom. The van der Waals surface area contributed by atoms with Crippen LogP contribution in [0.5, 0.6) is 11.5 Å². The van der Waals surface area contributed by atoms with E-state index in [0.717, 1.165) is 22.6 Å². The molecule has 0 radical (unpaired) electrons. The first-order valence-corrected chi connectivity index (χ1v) is 6.22. The van der Waals surface area contributed by atoms with Gasteiger partial charge in [0.15, 0.2) is 0 Å². The Labute approximate surface area is 114 Å². The molecule has 0 aliphatic carbocycles. The molecule has 104 valence electrons. The number of benzene rings is 1. The van der Waals surface area contributed by atoms with Crippen molar-refractivity contribution >= 4 is 6.21 Å². The van der Waals surface area contributed by atoms with Crippen LogP contribution in [0.25, 0.3) is 0 Å². The number of rotatable bonds is 7. The fourth-order valence-corrected chi connectivity index (χ4v) is 1.69. The molecule has 0 N–H and O–H groups in total. The summed E-state index contributed by atoms with van der Waals surface area (Å²) in [5.41, 5.74) is 2.09. The third kappa shape index (κ3) is 5.04. The predicted octanol–water partition coefficient (Wildman–Crippen LogP) is 3.27. The van der Waals surface area contributed by atoms with Gasteiger partial charge in [-0.1, -0.05) is 17.3 Å². The molecule has 4 heteroatoms. The van der Waals surface area contributed by atoms with Gasteiger partial charge in [-0.3, -0.25) is 0 Å². The van der Waals surface area contributed by atoms with Gasteiger partial charge in [-0.25, -0.2) is 0 Å². The van der Waals surface area contributed by atoms with E-state index < -0.39 is 0 Å². The summed E-state index contributed by atoms with van der Waals surface area (Å²) in [5, 5.41) is 3.63. The van der Waals surface area contributed by atoms with E-state index in [4.69, 9.17) is 9.47 Å². The largest absolute Gasteiger partial charge is 0.490 e. The maximum absolute atomic E-state index is 5.65. The van der Waals surface area contributed by atoms with Crippen LogP contribution in [0.3, 0.4) is 0 Å². The minimum atomic E-state index is 0.383. The summed E-state index contributed by atoms with van der Waals surface area (Å²) in [5.74, 6) is 1.71. The van der Waals surface area contributed by atoms with Crippen molar-refractivity contribution in [1.29, 1.82) is 0 Å². The summed E-state index contributed by atoms with van der Waals surface area (Å²) in [7, 11) is 1.50. The highest BCUT2D eigenvalue weighted by atomic mass is 16.6. The van der Waals surface area contributed by atoms with E-state index in [9.17, 15) is 0 Å². The standard InChI is InChI=1S/C15H21NO3/c1-5-6-8-18-14-10-12(2)15(13(3)11-14)19-9-7-16-17-4/h5-7,10-11H,8-9H2,1-4H3/b6-5+,16-7?. The summed E-state index contributed by atoms with van der Waals surface area (Å²) >= 11 is 0. The van der Waals surface area contributed by atoms with Gasteiger partial charge in [-0.05, 0) is 44.0 Å². The Morgan fingerprint density at radius 3 is 2.37 bits per heavy atom. The average molecular weight is 263 g/mol. The minimum absolute atomic E-state index is 0.383. The molecule has 0 atom stereocenters. The second-order valence-electron chi connectivity index (χ2n) is 4.05. The molecule has 0 aliphatic rings. The molecular weight excluding hydrogens is 242 g/mol. The summed E-state index contributed by atoms with van der Waals surface area (Å²) in [6.45, 7) is 6.93. The van der Waals surface area contributed by atoms with Gasteiger partial charge in [0.2, 0.25) is 0 Å². The second-order valence-corrected chi connectivity index (χ2v) is 4.05. The van der Waals surface area contributed by atoms with Crippen molar-refractivity contribution in [2.45, 2.75) is 20.8 Å². The van der Waals surface area contributed by atoms with Gasteiger partial charge in [-0.2, -0.15) is 0 Å². The maximum atomic E-state index is 5.65. The van der Waals surface area contributed by atoms with Gasteiger partial charge in [0.05, 0.1) is 6.21 Å². The van der Waals surface area contributed by atoms with E-state index in [1.807, 2.05) is 45.1 Å². The predicted molar refractivity (Wildman–Crippen MR) is 77.2 cm³/mol. The highest BCUT2D eigenvalue weighted by Crippen LogP contribution is 2.28. The molecule has 1 rings (SSSR count). The fourth-order valence-electron chi connectivity index (χ4n) is 1.69. The van der Waals surface area contributed by atoms with E-state index in [0.29, 0.717) is 13.2 Å². The van der Waals surface area contributed by atoms with Gasteiger partial charge < -0.3 is 14.3 Å². The van der Waals surface area contributed by atoms with Crippen LogP contribution in [0.1, 0.15) is 18.1 Å². The fraction of sp³-hybridized carbons (Fsp3) is 0.400. The molecule has 0 saturated carbocycles. The summed E-state index contributed by atoms with van der Waals surface area (Å²) in [6.07, 6.45) is 5.51. The Kier molecular flexibility index (Phi) is 6.50. The zero-order valence-electron chi connectivity index (χ0n) is 12.0. The lowest BCUT2D eigenvalue weighted by molar-refractivity contribution is 0.212. The molecule has 0 heterocycles. The third-order valence-corrected chi connectivity index (χ3v) is 2.50. The summed E-state index contributed by atoms with van der Waals surface area (Å²) in [4.78, 5) is 4.58. The molecule has 0 unspecified atom stereocenters. The highest BCUT2D eigenvalue weighted by molar-refractivity contribution is 5.59. The molecule has 0 aromatic heterocycles. The quantitative estimate of drug-likeness (QED) is 0.430. The highest BCUT2D eigenvalue weighted by Gasteiger charge is 2.06.